The molecule has 3 aliphatic heterocycles. The van der Waals surface area contributed by atoms with Crippen LogP contribution in [0.4, 0.5) is 0 Å². The number of nitrogens with zero attached hydrogens (tertiary/aromatic N) is 1. The lowest BCUT2D eigenvalue weighted by Gasteiger charge is -2.38. The molecule has 1 aromatic rings. The summed E-state index contributed by atoms with van der Waals surface area (Å²) in [5.74, 6) is -1.95. The van der Waals surface area contributed by atoms with Gasteiger partial charge in [0.05, 0.1) is 17.7 Å². The number of rotatable bonds is 6. The number of hydrogen-bond donors (Lipinski definition) is 3. The van der Waals surface area contributed by atoms with Crippen LogP contribution in [0.1, 0.15) is 52.0 Å². The van der Waals surface area contributed by atoms with Gasteiger partial charge in [0.1, 0.15) is 6.04 Å². The van der Waals surface area contributed by atoms with Crippen LogP contribution in [0.25, 0.3) is 0 Å². The van der Waals surface area contributed by atoms with Crippen molar-refractivity contribution in [2.24, 2.45) is 0 Å². The van der Waals surface area contributed by atoms with E-state index in [1.54, 1.807) is 19.2 Å². The fraction of sp³-hybridized carbons (Fsp3) is 0.524. The summed E-state index contributed by atoms with van der Waals surface area (Å²) in [6.07, 6.45) is 2.04. The average Bonchev–Trinajstić information content (AvgIpc) is 2.99. The Hall–Kier alpha value is -2.62. The van der Waals surface area contributed by atoms with Gasteiger partial charge in [0.25, 0.3) is 11.8 Å². The number of ether oxygens (including phenoxy) is 1. The standard InChI is InChI=1S/C21H26N4O5/c1-30-12-21(7-9-22-10-8-21)23-11-13-3-2-4-14-17(13)20(29)25(19(14)28)15-5-6-16(26)24-18(15)27/h2-4,15,22-23H,5-12H2,1H3,(H,24,26,27). The van der Waals surface area contributed by atoms with Gasteiger partial charge in [-0.2, -0.15) is 0 Å². The fourth-order valence-electron chi connectivity index (χ4n) is 4.57. The number of benzene rings is 1. The predicted molar refractivity (Wildman–Crippen MR) is 107 cm³/mol. The Balaban J connectivity index is 1.57. The van der Waals surface area contributed by atoms with Crippen molar-refractivity contribution < 1.29 is 23.9 Å². The first kappa shape index (κ1) is 20.6. The van der Waals surface area contributed by atoms with E-state index in [9.17, 15) is 19.2 Å². The van der Waals surface area contributed by atoms with E-state index in [1.807, 2.05) is 6.07 Å². The largest absolute Gasteiger partial charge is 0.383 e. The summed E-state index contributed by atoms with van der Waals surface area (Å²) in [6, 6.07) is 4.23. The van der Waals surface area contributed by atoms with E-state index in [0.717, 1.165) is 36.4 Å². The molecule has 9 nitrogen and oxygen atoms in total. The summed E-state index contributed by atoms with van der Waals surface area (Å²) in [6.45, 7) is 2.72. The van der Waals surface area contributed by atoms with E-state index in [0.29, 0.717) is 24.3 Å². The van der Waals surface area contributed by atoms with E-state index in [-0.39, 0.29) is 24.3 Å². The molecule has 0 spiro atoms. The highest BCUT2D eigenvalue weighted by molar-refractivity contribution is 6.24. The second-order valence-corrected chi connectivity index (χ2v) is 8.10. The Labute approximate surface area is 174 Å². The molecule has 3 N–H and O–H groups in total. The fourth-order valence-corrected chi connectivity index (χ4v) is 4.57. The van der Waals surface area contributed by atoms with Gasteiger partial charge in [0, 0.05) is 25.6 Å². The molecule has 2 saturated heterocycles. The van der Waals surface area contributed by atoms with Crippen LogP contribution in [-0.4, -0.2) is 66.9 Å². The molecule has 0 aromatic heterocycles. The molecule has 1 aromatic carbocycles. The van der Waals surface area contributed by atoms with Crippen LogP contribution in [0.15, 0.2) is 18.2 Å². The number of amides is 4. The summed E-state index contributed by atoms with van der Waals surface area (Å²) in [5, 5.41) is 9.11. The minimum atomic E-state index is -0.958. The molecule has 0 aliphatic carbocycles. The Morgan fingerprint density at radius 2 is 1.93 bits per heavy atom. The molecule has 9 heteroatoms. The third-order valence-electron chi connectivity index (χ3n) is 6.19. The van der Waals surface area contributed by atoms with E-state index in [1.165, 1.54) is 0 Å². The molecule has 0 radical (unpaired) electrons. The lowest BCUT2D eigenvalue weighted by molar-refractivity contribution is -0.136. The number of fused-ring (bicyclic) bond motifs is 1. The molecule has 4 rings (SSSR count). The molecule has 0 saturated carbocycles. The minimum absolute atomic E-state index is 0.103. The first-order valence-electron chi connectivity index (χ1n) is 10.2. The summed E-state index contributed by atoms with van der Waals surface area (Å²) in [7, 11) is 1.67. The quantitative estimate of drug-likeness (QED) is 0.559. The van der Waals surface area contributed by atoms with E-state index in [2.05, 4.69) is 16.0 Å². The Morgan fingerprint density at radius 1 is 1.17 bits per heavy atom. The lowest BCUT2D eigenvalue weighted by atomic mass is 9.88. The normalized spacial score (nSPS) is 23.5. The first-order valence-corrected chi connectivity index (χ1v) is 10.2. The van der Waals surface area contributed by atoms with Gasteiger partial charge in [0.2, 0.25) is 11.8 Å². The monoisotopic (exact) mass is 414 g/mol. The minimum Gasteiger partial charge on any atom is -0.383 e. The number of piperidine rings is 2. The molecule has 30 heavy (non-hydrogen) atoms. The maximum absolute atomic E-state index is 13.2. The second kappa shape index (κ2) is 8.25. The Kier molecular flexibility index (Phi) is 5.68. The summed E-state index contributed by atoms with van der Waals surface area (Å²) < 4.78 is 5.43. The van der Waals surface area contributed by atoms with Gasteiger partial charge >= 0.3 is 0 Å². The van der Waals surface area contributed by atoms with Crippen molar-refractivity contribution in [2.45, 2.75) is 43.8 Å². The third-order valence-corrected chi connectivity index (χ3v) is 6.19. The van der Waals surface area contributed by atoms with Crippen molar-refractivity contribution in [3.63, 3.8) is 0 Å². The molecule has 4 amide bonds. The first-order chi connectivity index (χ1) is 14.5. The number of nitrogens with one attached hydrogen (secondary N) is 3. The zero-order chi connectivity index (χ0) is 21.3. The van der Waals surface area contributed by atoms with Crippen molar-refractivity contribution in [3.05, 3.63) is 34.9 Å². The molecule has 1 unspecified atom stereocenters. The SMILES string of the molecule is COCC1(NCc2cccc3c2C(=O)N(C2CCC(=O)NC2=O)C3=O)CCNCC1. The van der Waals surface area contributed by atoms with Crippen molar-refractivity contribution in [1.82, 2.24) is 20.9 Å². The van der Waals surface area contributed by atoms with Gasteiger partial charge in [-0.1, -0.05) is 12.1 Å². The summed E-state index contributed by atoms with van der Waals surface area (Å²) in [4.78, 5) is 50.8. The lowest BCUT2D eigenvalue weighted by Crippen LogP contribution is -2.55. The van der Waals surface area contributed by atoms with Crippen molar-refractivity contribution in [1.29, 1.82) is 0 Å². The van der Waals surface area contributed by atoms with Gasteiger partial charge in [0.15, 0.2) is 0 Å². The number of carbonyl (C=O) groups excluding carboxylic acids is 4. The van der Waals surface area contributed by atoms with Crippen molar-refractivity contribution in [2.75, 3.05) is 26.8 Å². The van der Waals surface area contributed by atoms with Crippen LogP contribution in [0.3, 0.4) is 0 Å². The van der Waals surface area contributed by atoms with Gasteiger partial charge in [-0.3, -0.25) is 29.4 Å². The van der Waals surface area contributed by atoms with Crippen LogP contribution < -0.4 is 16.0 Å². The highest BCUT2D eigenvalue weighted by atomic mass is 16.5. The van der Waals surface area contributed by atoms with E-state index in [4.69, 9.17) is 4.74 Å². The Bertz CT molecular complexity index is 888. The highest BCUT2D eigenvalue weighted by Gasteiger charge is 2.45. The molecular weight excluding hydrogens is 388 g/mol. The maximum Gasteiger partial charge on any atom is 0.262 e. The van der Waals surface area contributed by atoms with E-state index >= 15 is 0 Å². The van der Waals surface area contributed by atoms with Gasteiger partial charge in [-0.15, -0.1) is 0 Å². The van der Waals surface area contributed by atoms with Gasteiger partial charge < -0.3 is 15.4 Å². The molecule has 2 fully saturated rings. The maximum atomic E-state index is 13.2. The van der Waals surface area contributed by atoms with Crippen LogP contribution in [-0.2, 0) is 20.9 Å². The number of hydrogen-bond acceptors (Lipinski definition) is 7. The van der Waals surface area contributed by atoms with Gasteiger partial charge in [-0.05, 0) is 44.0 Å². The third kappa shape index (κ3) is 3.64. The predicted octanol–water partition coefficient (Wildman–Crippen LogP) is -0.0540. The number of methoxy groups -OCH3 is 1. The Morgan fingerprint density at radius 3 is 2.63 bits per heavy atom. The molecular formula is C21H26N4O5. The van der Waals surface area contributed by atoms with Crippen LogP contribution >= 0.6 is 0 Å². The number of imide groups is 2. The van der Waals surface area contributed by atoms with Crippen LogP contribution in [0, 0.1) is 0 Å². The second-order valence-electron chi connectivity index (χ2n) is 8.10. The zero-order valence-corrected chi connectivity index (χ0v) is 17.0. The van der Waals surface area contributed by atoms with Crippen molar-refractivity contribution in [3.8, 4) is 0 Å². The molecule has 160 valence electrons. The molecule has 0 bridgehead atoms. The molecule has 3 aliphatic rings. The van der Waals surface area contributed by atoms with Crippen LogP contribution in [0.2, 0.25) is 0 Å². The summed E-state index contributed by atoms with van der Waals surface area (Å²) in [5.41, 5.74) is 1.16. The van der Waals surface area contributed by atoms with Crippen LogP contribution in [0.5, 0.6) is 0 Å². The summed E-state index contributed by atoms with van der Waals surface area (Å²) >= 11 is 0. The van der Waals surface area contributed by atoms with E-state index < -0.39 is 23.8 Å². The molecule has 3 heterocycles. The van der Waals surface area contributed by atoms with Gasteiger partial charge in [-0.25, -0.2) is 0 Å². The number of carbonyl (C=O) groups is 4. The molecule has 1 atom stereocenters. The highest BCUT2D eigenvalue weighted by Crippen LogP contribution is 2.30. The smallest absolute Gasteiger partial charge is 0.262 e. The topological polar surface area (TPSA) is 117 Å². The zero-order valence-electron chi connectivity index (χ0n) is 17.0. The van der Waals surface area contributed by atoms with Crippen molar-refractivity contribution >= 4 is 23.6 Å². The average molecular weight is 414 g/mol.